The number of benzene rings is 3. The molecule has 3 saturated heterocycles. The summed E-state index contributed by atoms with van der Waals surface area (Å²) < 4.78 is 19.6. The Bertz CT molecular complexity index is 1510. The largest absolute Gasteiger partial charge is 0.367 e. The van der Waals surface area contributed by atoms with Gasteiger partial charge < -0.3 is 10.1 Å². The monoisotopic (exact) mass is 497 g/mol. The molecule has 186 valence electrons. The van der Waals surface area contributed by atoms with Gasteiger partial charge in [0.25, 0.3) is 5.91 Å². The van der Waals surface area contributed by atoms with Gasteiger partial charge in [-0.3, -0.25) is 14.4 Å². The molecule has 8 heteroatoms. The normalized spacial score (nSPS) is 28.0. The van der Waals surface area contributed by atoms with Crippen molar-refractivity contribution < 1.29 is 23.5 Å². The second-order valence-electron chi connectivity index (χ2n) is 10.2. The third kappa shape index (κ3) is 3.38. The van der Waals surface area contributed by atoms with Crippen LogP contribution in [0.15, 0.2) is 60.7 Å². The van der Waals surface area contributed by atoms with E-state index in [1.807, 2.05) is 31.2 Å². The fraction of sp³-hybridized carbons (Fsp3) is 0.310. The molecule has 0 radical (unpaired) electrons. The van der Waals surface area contributed by atoms with Gasteiger partial charge in [0.2, 0.25) is 11.8 Å². The zero-order valence-electron chi connectivity index (χ0n) is 20.2. The fourth-order valence-corrected chi connectivity index (χ4v) is 6.51. The van der Waals surface area contributed by atoms with Gasteiger partial charge in [0.15, 0.2) is 0 Å². The first-order valence-corrected chi connectivity index (χ1v) is 12.3. The molecule has 3 aliphatic heterocycles. The van der Waals surface area contributed by atoms with Gasteiger partial charge in [-0.1, -0.05) is 24.3 Å². The maximum Gasteiger partial charge on any atom is 0.251 e. The minimum atomic E-state index is -0.862. The van der Waals surface area contributed by atoms with Gasteiger partial charge in [0.1, 0.15) is 5.82 Å². The number of imide groups is 1. The number of fused-ring (bicyclic) bond motifs is 6. The number of nitrogens with zero attached hydrogens (tertiary/aromatic N) is 2. The highest BCUT2D eigenvalue weighted by molar-refractivity contribution is 6.26. The average molecular weight is 498 g/mol. The summed E-state index contributed by atoms with van der Waals surface area (Å²) in [5.41, 5.74) is -0.343. The lowest BCUT2D eigenvalue weighted by Gasteiger charge is -2.31. The summed E-state index contributed by atoms with van der Waals surface area (Å²) in [5, 5.41) is 13.7. The Hall–Kier alpha value is -4.09. The second kappa shape index (κ2) is 8.22. The number of hydrogen-bond donors (Lipinski definition) is 1. The first-order valence-electron chi connectivity index (χ1n) is 12.3. The van der Waals surface area contributed by atoms with Gasteiger partial charge in [-0.2, -0.15) is 5.26 Å². The van der Waals surface area contributed by atoms with Gasteiger partial charge in [0, 0.05) is 22.9 Å². The van der Waals surface area contributed by atoms with E-state index in [4.69, 9.17) is 4.74 Å². The van der Waals surface area contributed by atoms with E-state index in [0.29, 0.717) is 46.8 Å². The molecule has 0 saturated carbocycles. The summed E-state index contributed by atoms with van der Waals surface area (Å²) in [6.07, 6.45) is 1.62. The Labute approximate surface area is 212 Å². The van der Waals surface area contributed by atoms with Crippen molar-refractivity contribution in [2.75, 3.05) is 11.4 Å². The van der Waals surface area contributed by atoms with Crippen LogP contribution >= 0.6 is 0 Å². The summed E-state index contributed by atoms with van der Waals surface area (Å²) in [6.45, 7) is 2.14. The molecule has 37 heavy (non-hydrogen) atoms. The Morgan fingerprint density at radius 2 is 1.76 bits per heavy atom. The Kier molecular flexibility index (Phi) is 5.18. The van der Waals surface area contributed by atoms with Crippen molar-refractivity contribution in [1.82, 2.24) is 5.32 Å². The van der Waals surface area contributed by atoms with Crippen LogP contribution in [0, 0.1) is 29.0 Å². The molecule has 0 spiro atoms. The summed E-state index contributed by atoms with van der Waals surface area (Å²) >= 11 is 0. The molecular weight excluding hydrogens is 473 g/mol. The lowest BCUT2D eigenvalue weighted by atomic mass is 9.67. The summed E-state index contributed by atoms with van der Waals surface area (Å²) in [6, 6.07) is 18.0. The topological polar surface area (TPSA) is 99.5 Å². The van der Waals surface area contributed by atoms with Crippen LogP contribution in [0.3, 0.4) is 0 Å². The first-order chi connectivity index (χ1) is 17.8. The van der Waals surface area contributed by atoms with E-state index < -0.39 is 28.9 Å². The summed E-state index contributed by atoms with van der Waals surface area (Å²) in [5.74, 6) is -2.63. The smallest absolute Gasteiger partial charge is 0.251 e. The number of ether oxygens (including phenoxy) is 1. The quantitative estimate of drug-likeness (QED) is 0.535. The molecule has 0 aliphatic carbocycles. The highest BCUT2D eigenvalue weighted by Crippen LogP contribution is 2.62. The van der Waals surface area contributed by atoms with Gasteiger partial charge in [-0.05, 0) is 62.6 Å². The number of nitriles is 1. The maximum absolute atomic E-state index is 13.9. The SMILES string of the molecule is CC12CCC(CCNC(=O)c3ccc(F)cc3)(O1)C1C(=O)N(c3ccc(C#N)c4ccccc34)C(=O)C12. The van der Waals surface area contributed by atoms with E-state index in [9.17, 15) is 24.0 Å². The maximum atomic E-state index is 13.9. The molecule has 3 heterocycles. The lowest BCUT2D eigenvalue weighted by molar-refractivity contribution is -0.130. The number of carbonyl (C=O) groups is 3. The van der Waals surface area contributed by atoms with Crippen molar-refractivity contribution in [3.05, 3.63) is 77.6 Å². The molecule has 3 aromatic rings. The van der Waals surface area contributed by atoms with Crippen molar-refractivity contribution in [2.45, 2.75) is 37.4 Å². The number of rotatable bonds is 5. The Balaban J connectivity index is 1.29. The van der Waals surface area contributed by atoms with E-state index in [-0.39, 0.29) is 24.3 Å². The van der Waals surface area contributed by atoms with Crippen LogP contribution in [-0.4, -0.2) is 35.5 Å². The zero-order valence-corrected chi connectivity index (χ0v) is 20.2. The van der Waals surface area contributed by atoms with Crippen LogP contribution in [-0.2, 0) is 14.3 Å². The van der Waals surface area contributed by atoms with Crippen molar-refractivity contribution >= 4 is 34.2 Å². The summed E-state index contributed by atoms with van der Waals surface area (Å²) in [4.78, 5) is 41.5. The predicted molar refractivity (Wildman–Crippen MR) is 133 cm³/mol. The van der Waals surface area contributed by atoms with E-state index in [1.54, 1.807) is 12.1 Å². The highest BCUT2D eigenvalue weighted by atomic mass is 19.1. The number of halogens is 1. The molecule has 3 fully saturated rings. The highest BCUT2D eigenvalue weighted by Gasteiger charge is 2.73. The molecule has 4 unspecified atom stereocenters. The number of hydrogen-bond acceptors (Lipinski definition) is 5. The fourth-order valence-electron chi connectivity index (χ4n) is 6.51. The molecule has 6 rings (SSSR count). The van der Waals surface area contributed by atoms with Crippen molar-refractivity contribution in [3.63, 3.8) is 0 Å². The van der Waals surface area contributed by atoms with Crippen molar-refractivity contribution in [1.29, 1.82) is 5.26 Å². The third-order valence-electron chi connectivity index (χ3n) is 8.21. The number of carbonyl (C=O) groups excluding carboxylic acids is 3. The van der Waals surface area contributed by atoms with Crippen molar-refractivity contribution in [3.8, 4) is 6.07 Å². The Morgan fingerprint density at radius 3 is 2.49 bits per heavy atom. The molecule has 0 aromatic heterocycles. The average Bonchev–Trinajstić information content (AvgIpc) is 3.48. The third-order valence-corrected chi connectivity index (χ3v) is 8.21. The van der Waals surface area contributed by atoms with Crippen LogP contribution in [0.1, 0.15) is 42.1 Å². The second-order valence-corrected chi connectivity index (χ2v) is 10.2. The standard InChI is InChI=1S/C29H24FN3O4/c1-28-12-13-29(37-28,14-15-32-25(34)17-6-9-19(30)10-7-17)24-23(28)26(35)33(27(24)36)22-11-8-18(16-31)20-4-2-3-5-21(20)22/h2-11,23-24H,12-15H2,1H3,(H,32,34). The van der Waals surface area contributed by atoms with Crippen LogP contribution < -0.4 is 10.2 Å². The molecule has 7 nitrogen and oxygen atoms in total. The molecule has 3 aromatic carbocycles. The number of nitrogens with one attached hydrogen (secondary N) is 1. The van der Waals surface area contributed by atoms with E-state index in [2.05, 4.69) is 11.4 Å². The molecular formula is C29H24FN3O4. The van der Waals surface area contributed by atoms with E-state index in [0.717, 1.165) is 0 Å². The minimum Gasteiger partial charge on any atom is -0.367 e. The zero-order chi connectivity index (χ0) is 25.9. The molecule has 3 amide bonds. The van der Waals surface area contributed by atoms with Crippen LogP contribution in [0.25, 0.3) is 10.8 Å². The van der Waals surface area contributed by atoms with Gasteiger partial charge >= 0.3 is 0 Å². The minimum absolute atomic E-state index is 0.247. The van der Waals surface area contributed by atoms with Crippen LogP contribution in [0.4, 0.5) is 10.1 Å². The van der Waals surface area contributed by atoms with E-state index >= 15 is 0 Å². The predicted octanol–water partition coefficient (Wildman–Crippen LogP) is 4.10. The van der Waals surface area contributed by atoms with Gasteiger partial charge in [-0.15, -0.1) is 0 Å². The molecule has 1 N–H and O–H groups in total. The number of amides is 3. The van der Waals surface area contributed by atoms with Crippen molar-refractivity contribution in [2.24, 2.45) is 11.8 Å². The lowest BCUT2D eigenvalue weighted by Crippen LogP contribution is -2.44. The number of anilines is 1. The van der Waals surface area contributed by atoms with Gasteiger partial charge in [-0.25, -0.2) is 9.29 Å². The molecule has 3 aliphatic rings. The Morgan fingerprint density at radius 1 is 1.05 bits per heavy atom. The molecule has 2 bridgehead atoms. The van der Waals surface area contributed by atoms with Crippen LogP contribution in [0.5, 0.6) is 0 Å². The summed E-state index contributed by atoms with van der Waals surface area (Å²) in [7, 11) is 0. The molecule has 4 atom stereocenters. The van der Waals surface area contributed by atoms with E-state index in [1.165, 1.54) is 29.2 Å². The van der Waals surface area contributed by atoms with Gasteiger partial charge in [0.05, 0.1) is 40.4 Å². The van der Waals surface area contributed by atoms with Crippen LogP contribution in [0.2, 0.25) is 0 Å². The first kappa shape index (κ1) is 23.3.